The molecule has 0 spiro atoms. The number of hydrogen-bond donors (Lipinski definition) is 2. The number of carboxylic acid groups (broad SMARTS) is 2. The Labute approximate surface area is 222 Å². The molecule has 2 aromatic heterocycles. The first-order valence-electron chi connectivity index (χ1n) is 12.6. The SMILES string of the molecule is Cc1ncc(-c2ccc(OCCOc3cccc(C(=O)O)c3)cn2)c(N2CCC(C)(C)CC2)c1CC(=O)O. The van der Waals surface area contributed by atoms with Crippen molar-refractivity contribution in [3.8, 4) is 22.8 Å². The second kappa shape index (κ2) is 11.5. The first-order valence-corrected chi connectivity index (χ1v) is 12.6. The van der Waals surface area contributed by atoms with Crippen molar-refractivity contribution in [1.82, 2.24) is 9.97 Å². The minimum atomic E-state index is -1.01. The number of hydrogen-bond acceptors (Lipinski definition) is 7. The molecule has 0 bridgehead atoms. The summed E-state index contributed by atoms with van der Waals surface area (Å²) in [6.45, 7) is 8.55. The minimum absolute atomic E-state index is 0.0987. The standard InChI is InChI=1S/C29H33N3O6/c1-19-23(16-26(33)34)27(32-11-9-29(2,3)10-12-32)24(18-30-19)25-8-7-22(17-31-25)38-14-13-37-21-6-4-5-20(15-21)28(35)36/h4-8,15,17-18H,9-14,16H2,1-3H3,(H,33,34)(H,35,36). The van der Waals surface area contributed by atoms with Crippen LogP contribution in [0.1, 0.15) is 48.3 Å². The predicted octanol–water partition coefficient (Wildman–Crippen LogP) is 4.86. The molecule has 1 aliphatic rings. The number of aromatic nitrogens is 2. The molecule has 1 aliphatic heterocycles. The van der Waals surface area contributed by atoms with Gasteiger partial charge in [-0.3, -0.25) is 14.8 Å². The molecular formula is C29H33N3O6. The second-order valence-electron chi connectivity index (χ2n) is 10.2. The lowest BCUT2D eigenvalue weighted by atomic mass is 9.82. The maximum atomic E-state index is 11.7. The van der Waals surface area contributed by atoms with E-state index < -0.39 is 11.9 Å². The van der Waals surface area contributed by atoms with E-state index in [1.807, 2.05) is 19.1 Å². The zero-order chi connectivity index (χ0) is 27.3. The van der Waals surface area contributed by atoms with E-state index in [1.54, 1.807) is 24.5 Å². The third-order valence-corrected chi connectivity index (χ3v) is 6.84. The maximum Gasteiger partial charge on any atom is 0.335 e. The Balaban J connectivity index is 1.48. The smallest absolute Gasteiger partial charge is 0.335 e. The number of ether oxygens (including phenoxy) is 2. The normalized spacial score (nSPS) is 14.7. The average molecular weight is 520 g/mol. The third kappa shape index (κ3) is 6.59. The van der Waals surface area contributed by atoms with Crippen molar-refractivity contribution in [2.24, 2.45) is 5.41 Å². The summed E-state index contributed by atoms with van der Waals surface area (Å²) in [5.41, 5.74) is 4.25. The number of piperidine rings is 1. The van der Waals surface area contributed by atoms with Gasteiger partial charge in [-0.25, -0.2) is 4.79 Å². The number of aryl methyl sites for hydroxylation is 1. The molecule has 1 fully saturated rings. The van der Waals surface area contributed by atoms with Crippen molar-refractivity contribution in [2.75, 3.05) is 31.2 Å². The average Bonchev–Trinajstić information content (AvgIpc) is 2.88. The molecule has 9 nitrogen and oxygen atoms in total. The molecule has 9 heteroatoms. The lowest BCUT2D eigenvalue weighted by molar-refractivity contribution is -0.136. The number of anilines is 1. The highest BCUT2D eigenvalue weighted by Gasteiger charge is 2.29. The number of benzene rings is 1. The Morgan fingerprint density at radius 1 is 0.974 bits per heavy atom. The highest BCUT2D eigenvalue weighted by molar-refractivity contribution is 5.88. The summed E-state index contributed by atoms with van der Waals surface area (Å²) >= 11 is 0. The Kier molecular flexibility index (Phi) is 8.14. The van der Waals surface area contributed by atoms with Crippen LogP contribution < -0.4 is 14.4 Å². The molecule has 2 N–H and O–H groups in total. The van der Waals surface area contributed by atoms with Crippen LogP contribution in [-0.2, 0) is 11.2 Å². The molecule has 3 heterocycles. The first-order chi connectivity index (χ1) is 18.1. The topological polar surface area (TPSA) is 122 Å². The Hall–Kier alpha value is -4.14. The van der Waals surface area contributed by atoms with Crippen LogP contribution in [0.15, 0.2) is 48.8 Å². The summed E-state index contributed by atoms with van der Waals surface area (Å²) in [6.07, 6.45) is 5.34. The van der Waals surface area contributed by atoms with Gasteiger partial charge in [-0.15, -0.1) is 0 Å². The van der Waals surface area contributed by atoms with Gasteiger partial charge in [0, 0.05) is 36.1 Å². The van der Waals surface area contributed by atoms with Gasteiger partial charge in [0.2, 0.25) is 0 Å². The Morgan fingerprint density at radius 2 is 1.68 bits per heavy atom. The van der Waals surface area contributed by atoms with E-state index in [2.05, 4.69) is 28.7 Å². The summed E-state index contributed by atoms with van der Waals surface area (Å²) in [5, 5.41) is 18.7. The van der Waals surface area contributed by atoms with E-state index in [4.69, 9.17) is 14.6 Å². The molecule has 0 saturated carbocycles. The summed E-state index contributed by atoms with van der Waals surface area (Å²) in [4.78, 5) is 34.2. The molecule has 0 unspecified atom stereocenters. The molecule has 38 heavy (non-hydrogen) atoms. The minimum Gasteiger partial charge on any atom is -0.490 e. The van der Waals surface area contributed by atoms with E-state index in [-0.39, 0.29) is 30.6 Å². The van der Waals surface area contributed by atoms with Crippen LogP contribution in [-0.4, -0.2) is 58.4 Å². The Morgan fingerprint density at radius 3 is 2.32 bits per heavy atom. The van der Waals surface area contributed by atoms with E-state index in [9.17, 15) is 14.7 Å². The number of aromatic carboxylic acids is 1. The molecule has 0 aliphatic carbocycles. The van der Waals surface area contributed by atoms with E-state index in [1.165, 1.54) is 12.1 Å². The van der Waals surface area contributed by atoms with Crippen molar-refractivity contribution >= 4 is 17.6 Å². The highest BCUT2D eigenvalue weighted by Crippen LogP contribution is 2.39. The monoisotopic (exact) mass is 519 g/mol. The van der Waals surface area contributed by atoms with E-state index >= 15 is 0 Å². The van der Waals surface area contributed by atoms with Crippen molar-refractivity contribution in [3.05, 3.63) is 65.6 Å². The van der Waals surface area contributed by atoms with Crippen LogP contribution in [0.3, 0.4) is 0 Å². The van der Waals surface area contributed by atoms with Crippen LogP contribution in [0, 0.1) is 12.3 Å². The highest BCUT2D eigenvalue weighted by atomic mass is 16.5. The van der Waals surface area contributed by atoms with Gasteiger partial charge in [-0.2, -0.15) is 0 Å². The van der Waals surface area contributed by atoms with Crippen LogP contribution in [0.5, 0.6) is 11.5 Å². The first kappa shape index (κ1) is 26.9. The molecule has 4 rings (SSSR count). The third-order valence-electron chi connectivity index (χ3n) is 6.84. The lowest BCUT2D eigenvalue weighted by Gasteiger charge is -2.40. The zero-order valence-electron chi connectivity index (χ0n) is 21.9. The molecule has 1 aromatic carbocycles. The molecule has 1 saturated heterocycles. The quantitative estimate of drug-likeness (QED) is 0.362. The van der Waals surface area contributed by atoms with Gasteiger partial charge >= 0.3 is 11.9 Å². The lowest BCUT2D eigenvalue weighted by Crippen LogP contribution is -2.38. The molecule has 0 amide bonds. The Bertz CT molecular complexity index is 1300. The van der Waals surface area contributed by atoms with Gasteiger partial charge in [-0.05, 0) is 55.5 Å². The van der Waals surface area contributed by atoms with Gasteiger partial charge in [0.25, 0.3) is 0 Å². The molecule has 0 atom stereocenters. The van der Waals surface area contributed by atoms with Crippen LogP contribution in [0.25, 0.3) is 11.3 Å². The largest absolute Gasteiger partial charge is 0.490 e. The fourth-order valence-corrected chi connectivity index (χ4v) is 4.54. The number of pyridine rings is 2. The fraction of sp³-hybridized carbons (Fsp3) is 0.379. The van der Waals surface area contributed by atoms with Gasteiger partial charge < -0.3 is 24.6 Å². The van der Waals surface area contributed by atoms with Crippen molar-refractivity contribution < 1.29 is 29.3 Å². The van der Waals surface area contributed by atoms with Crippen LogP contribution in [0.4, 0.5) is 5.69 Å². The van der Waals surface area contributed by atoms with Crippen molar-refractivity contribution in [2.45, 2.75) is 40.0 Å². The fourth-order valence-electron chi connectivity index (χ4n) is 4.54. The van der Waals surface area contributed by atoms with Gasteiger partial charge in [-0.1, -0.05) is 19.9 Å². The summed E-state index contributed by atoms with van der Waals surface area (Å²) in [7, 11) is 0. The summed E-state index contributed by atoms with van der Waals surface area (Å²) < 4.78 is 11.3. The number of aliphatic carboxylic acids is 1. The summed E-state index contributed by atoms with van der Waals surface area (Å²) in [6, 6.07) is 9.95. The second-order valence-corrected chi connectivity index (χ2v) is 10.2. The maximum absolute atomic E-state index is 11.7. The number of rotatable bonds is 10. The molecule has 200 valence electrons. The van der Waals surface area contributed by atoms with E-state index in [0.29, 0.717) is 22.9 Å². The van der Waals surface area contributed by atoms with Gasteiger partial charge in [0.1, 0.15) is 24.7 Å². The number of nitrogens with zero attached hydrogens (tertiary/aromatic N) is 3. The molecule has 0 radical (unpaired) electrons. The predicted molar refractivity (Wildman–Crippen MR) is 143 cm³/mol. The van der Waals surface area contributed by atoms with Crippen LogP contribution >= 0.6 is 0 Å². The van der Waals surface area contributed by atoms with Crippen molar-refractivity contribution in [3.63, 3.8) is 0 Å². The van der Waals surface area contributed by atoms with Gasteiger partial charge in [0.15, 0.2) is 0 Å². The van der Waals surface area contributed by atoms with Gasteiger partial charge in [0.05, 0.1) is 29.6 Å². The molecular weight excluding hydrogens is 486 g/mol. The van der Waals surface area contributed by atoms with Crippen molar-refractivity contribution in [1.29, 1.82) is 0 Å². The number of carbonyl (C=O) groups is 2. The molecule has 3 aromatic rings. The van der Waals surface area contributed by atoms with E-state index in [0.717, 1.165) is 42.7 Å². The number of carboxylic acids is 2. The van der Waals surface area contributed by atoms with Crippen LogP contribution in [0.2, 0.25) is 0 Å². The zero-order valence-corrected chi connectivity index (χ0v) is 21.9. The summed E-state index contributed by atoms with van der Waals surface area (Å²) in [5.74, 6) is -0.883.